The van der Waals surface area contributed by atoms with E-state index in [2.05, 4.69) is 31.3 Å². The Hall–Kier alpha value is -1.06. The van der Waals surface area contributed by atoms with Gasteiger partial charge in [0.25, 0.3) is 0 Å². The van der Waals surface area contributed by atoms with Crippen molar-refractivity contribution in [3.8, 4) is 5.75 Å². The van der Waals surface area contributed by atoms with Crippen LogP contribution in [0.4, 0.5) is 0 Å². The summed E-state index contributed by atoms with van der Waals surface area (Å²) in [4.78, 5) is 0. The van der Waals surface area contributed by atoms with Gasteiger partial charge in [0.2, 0.25) is 0 Å². The van der Waals surface area contributed by atoms with Crippen molar-refractivity contribution in [3.05, 3.63) is 28.8 Å². The summed E-state index contributed by atoms with van der Waals surface area (Å²) in [5, 5.41) is 3.58. The van der Waals surface area contributed by atoms with Crippen molar-refractivity contribution >= 4 is 0 Å². The van der Waals surface area contributed by atoms with Gasteiger partial charge >= 0.3 is 0 Å². The number of hydrogen-bond acceptors (Lipinski definition) is 3. The summed E-state index contributed by atoms with van der Waals surface area (Å²) in [7, 11) is 1.74. The molecule has 0 aromatic heterocycles. The third-order valence-corrected chi connectivity index (χ3v) is 3.91. The van der Waals surface area contributed by atoms with Gasteiger partial charge in [0.05, 0.1) is 7.11 Å². The average Bonchev–Trinajstić information content (AvgIpc) is 2.73. The SMILES string of the molecule is COc1cc(C)cc(C)c1CNC1CCCC1N. The average molecular weight is 248 g/mol. The normalized spacial score (nSPS) is 23.3. The van der Waals surface area contributed by atoms with E-state index < -0.39 is 0 Å². The van der Waals surface area contributed by atoms with E-state index in [4.69, 9.17) is 10.5 Å². The van der Waals surface area contributed by atoms with E-state index in [1.807, 2.05) is 0 Å². The van der Waals surface area contributed by atoms with Crippen molar-refractivity contribution in [2.75, 3.05) is 7.11 Å². The Bertz CT molecular complexity index is 417. The third kappa shape index (κ3) is 2.85. The first-order valence-electron chi connectivity index (χ1n) is 6.75. The molecule has 0 amide bonds. The quantitative estimate of drug-likeness (QED) is 0.859. The van der Waals surface area contributed by atoms with Crippen LogP contribution in [0.5, 0.6) is 5.75 Å². The monoisotopic (exact) mass is 248 g/mol. The molecule has 1 saturated carbocycles. The zero-order chi connectivity index (χ0) is 13.1. The van der Waals surface area contributed by atoms with Crippen molar-refractivity contribution in [2.45, 2.75) is 51.7 Å². The van der Waals surface area contributed by atoms with Gasteiger partial charge < -0.3 is 15.8 Å². The molecular weight excluding hydrogens is 224 g/mol. The third-order valence-electron chi connectivity index (χ3n) is 3.91. The highest BCUT2D eigenvalue weighted by Crippen LogP contribution is 2.25. The molecule has 1 aromatic rings. The predicted octanol–water partition coefficient (Wildman–Crippen LogP) is 2.28. The van der Waals surface area contributed by atoms with Crippen LogP contribution in [0, 0.1) is 13.8 Å². The molecule has 1 aliphatic rings. The summed E-state index contributed by atoms with van der Waals surface area (Å²) in [5.74, 6) is 0.978. The van der Waals surface area contributed by atoms with Crippen LogP contribution in [0.2, 0.25) is 0 Å². The highest BCUT2D eigenvalue weighted by Gasteiger charge is 2.23. The van der Waals surface area contributed by atoms with Crippen molar-refractivity contribution in [1.29, 1.82) is 0 Å². The first-order valence-corrected chi connectivity index (χ1v) is 6.75. The number of ether oxygens (including phenoxy) is 1. The van der Waals surface area contributed by atoms with Gasteiger partial charge in [-0.3, -0.25) is 0 Å². The van der Waals surface area contributed by atoms with Crippen molar-refractivity contribution in [3.63, 3.8) is 0 Å². The van der Waals surface area contributed by atoms with Gasteiger partial charge in [-0.1, -0.05) is 12.5 Å². The van der Waals surface area contributed by atoms with Crippen LogP contribution in [-0.4, -0.2) is 19.2 Å². The lowest BCUT2D eigenvalue weighted by molar-refractivity contribution is 0.401. The lowest BCUT2D eigenvalue weighted by atomic mass is 10.0. The fourth-order valence-electron chi connectivity index (χ4n) is 2.84. The molecule has 0 aliphatic heterocycles. The minimum absolute atomic E-state index is 0.307. The summed E-state index contributed by atoms with van der Waals surface area (Å²) in [5.41, 5.74) is 9.86. The Kier molecular flexibility index (Phi) is 4.25. The number of methoxy groups -OCH3 is 1. The van der Waals surface area contributed by atoms with E-state index in [0.717, 1.165) is 18.7 Å². The molecule has 3 heteroatoms. The maximum absolute atomic E-state index is 6.08. The molecule has 18 heavy (non-hydrogen) atoms. The predicted molar refractivity (Wildman–Crippen MR) is 74.9 cm³/mol. The second-order valence-corrected chi connectivity index (χ2v) is 5.34. The van der Waals surface area contributed by atoms with Crippen LogP contribution < -0.4 is 15.8 Å². The maximum atomic E-state index is 6.08. The van der Waals surface area contributed by atoms with E-state index in [9.17, 15) is 0 Å². The molecule has 0 radical (unpaired) electrons. The number of aryl methyl sites for hydroxylation is 2. The van der Waals surface area contributed by atoms with E-state index in [-0.39, 0.29) is 0 Å². The van der Waals surface area contributed by atoms with Crippen LogP contribution >= 0.6 is 0 Å². The Labute approximate surface area is 110 Å². The van der Waals surface area contributed by atoms with Crippen molar-refractivity contribution in [2.24, 2.45) is 5.73 Å². The number of rotatable bonds is 4. The van der Waals surface area contributed by atoms with Crippen molar-refractivity contribution < 1.29 is 4.74 Å². The van der Waals surface area contributed by atoms with E-state index in [1.54, 1.807) is 7.11 Å². The van der Waals surface area contributed by atoms with Crippen LogP contribution in [0.3, 0.4) is 0 Å². The Morgan fingerprint density at radius 3 is 2.72 bits per heavy atom. The van der Waals surface area contributed by atoms with Crippen LogP contribution in [0.15, 0.2) is 12.1 Å². The zero-order valence-electron chi connectivity index (χ0n) is 11.6. The molecule has 3 N–H and O–H groups in total. The van der Waals surface area contributed by atoms with Gasteiger partial charge in [0, 0.05) is 24.2 Å². The first-order chi connectivity index (χ1) is 8.61. The first kappa shape index (κ1) is 13.4. The number of benzene rings is 1. The Morgan fingerprint density at radius 2 is 2.11 bits per heavy atom. The zero-order valence-corrected chi connectivity index (χ0v) is 11.6. The largest absolute Gasteiger partial charge is 0.496 e. The molecule has 0 saturated heterocycles. The second kappa shape index (κ2) is 5.72. The summed E-state index contributed by atoms with van der Waals surface area (Å²) in [6.07, 6.45) is 3.57. The number of nitrogens with one attached hydrogen (secondary N) is 1. The van der Waals surface area contributed by atoms with Crippen molar-refractivity contribution in [1.82, 2.24) is 5.32 Å². The lowest BCUT2D eigenvalue weighted by Gasteiger charge is -2.20. The van der Waals surface area contributed by atoms with Gasteiger partial charge in [-0.15, -0.1) is 0 Å². The minimum Gasteiger partial charge on any atom is -0.496 e. The molecule has 2 atom stereocenters. The molecule has 2 rings (SSSR count). The molecule has 1 aromatic carbocycles. The topological polar surface area (TPSA) is 47.3 Å². The maximum Gasteiger partial charge on any atom is 0.123 e. The van der Waals surface area contributed by atoms with E-state index in [0.29, 0.717) is 12.1 Å². The molecule has 0 spiro atoms. The van der Waals surface area contributed by atoms with Gasteiger partial charge in [-0.05, 0) is 43.9 Å². The van der Waals surface area contributed by atoms with Crippen LogP contribution in [0.25, 0.3) is 0 Å². The molecule has 2 unspecified atom stereocenters. The van der Waals surface area contributed by atoms with Gasteiger partial charge in [-0.25, -0.2) is 0 Å². The summed E-state index contributed by atoms with van der Waals surface area (Å²) in [6, 6.07) is 5.06. The fraction of sp³-hybridized carbons (Fsp3) is 0.600. The second-order valence-electron chi connectivity index (χ2n) is 5.34. The summed E-state index contributed by atoms with van der Waals surface area (Å²) >= 11 is 0. The smallest absolute Gasteiger partial charge is 0.123 e. The summed E-state index contributed by atoms with van der Waals surface area (Å²) < 4.78 is 5.48. The Balaban J connectivity index is 2.08. The van der Waals surface area contributed by atoms with Gasteiger partial charge in [-0.2, -0.15) is 0 Å². The number of hydrogen-bond donors (Lipinski definition) is 2. The van der Waals surface area contributed by atoms with Gasteiger partial charge in [0.1, 0.15) is 5.75 Å². The van der Waals surface area contributed by atoms with E-state index >= 15 is 0 Å². The standard InChI is InChI=1S/C15H24N2O/c1-10-7-11(2)12(15(8-10)18-3)9-17-14-6-4-5-13(14)16/h7-8,13-14,17H,4-6,9,16H2,1-3H3. The van der Waals surface area contributed by atoms with Crippen LogP contribution in [0.1, 0.15) is 36.0 Å². The summed E-state index contributed by atoms with van der Waals surface area (Å²) in [6.45, 7) is 5.08. The molecule has 3 nitrogen and oxygen atoms in total. The minimum atomic E-state index is 0.307. The van der Waals surface area contributed by atoms with Gasteiger partial charge in [0.15, 0.2) is 0 Å². The molecule has 1 fully saturated rings. The molecule has 0 bridgehead atoms. The van der Waals surface area contributed by atoms with Crippen LogP contribution in [-0.2, 0) is 6.54 Å². The molecule has 1 aliphatic carbocycles. The van der Waals surface area contributed by atoms with E-state index in [1.165, 1.54) is 29.5 Å². The number of nitrogens with two attached hydrogens (primary N) is 1. The molecule has 100 valence electrons. The molecule has 0 heterocycles. The fourth-order valence-corrected chi connectivity index (χ4v) is 2.84. The highest BCUT2D eigenvalue weighted by molar-refractivity contribution is 5.43. The lowest BCUT2D eigenvalue weighted by Crippen LogP contribution is -2.40. The molecular formula is C15H24N2O. The highest BCUT2D eigenvalue weighted by atomic mass is 16.5. The Morgan fingerprint density at radius 1 is 1.33 bits per heavy atom.